The van der Waals surface area contributed by atoms with Gasteiger partial charge in [0.2, 0.25) is 15.0 Å². The number of imidazole rings is 1. The largest absolute Gasteiger partial charge is 0.389 e. The van der Waals surface area contributed by atoms with E-state index < -0.39 is 15.4 Å². The highest BCUT2D eigenvalue weighted by molar-refractivity contribution is 7.91. The zero-order valence-corrected chi connectivity index (χ0v) is 24.8. The Morgan fingerprint density at radius 1 is 1.00 bits per heavy atom. The highest BCUT2D eigenvalue weighted by Crippen LogP contribution is 2.69. The topological polar surface area (TPSA) is 83.0 Å². The van der Waals surface area contributed by atoms with Crippen LogP contribution >= 0.6 is 0 Å². The van der Waals surface area contributed by atoms with Crippen molar-refractivity contribution in [3.8, 4) is 0 Å². The smallest absolute Gasteiger partial charge is 0.225 e. The Kier molecular flexibility index (Phi) is 7.44. The molecule has 37 heavy (non-hydrogen) atoms. The third-order valence-corrected chi connectivity index (χ3v) is 14.0. The molecule has 1 aromatic rings. The van der Waals surface area contributed by atoms with Crippen LogP contribution in [0.5, 0.6) is 0 Å². The maximum absolute atomic E-state index is 12.9. The monoisotopic (exact) mass is 532 g/mol. The normalized spacial score (nSPS) is 42.7. The van der Waals surface area contributed by atoms with E-state index in [0.29, 0.717) is 24.2 Å². The number of fused-ring (bicyclic) bond motifs is 5. The molecular weight excluding hydrogens is 480 g/mol. The zero-order chi connectivity index (χ0) is 26.6. The van der Waals surface area contributed by atoms with Gasteiger partial charge in [-0.2, -0.15) is 0 Å². The SMILES string of the molecule is CC(C)CCC[C@@H](C)[C@H]1CCC2C3CC[C@H]4C[C@@](O)(CS(=O)(=O)c5ncc[nH]5)CC[C@]4(C)C3CC[C@@]21C. The van der Waals surface area contributed by atoms with Crippen LogP contribution in [0.1, 0.15) is 112 Å². The van der Waals surface area contributed by atoms with Crippen LogP contribution < -0.4 is 0 Å². The second kappa shape index (κ2) is 9.94. The van der Waals surface area contributed by atoms with Gasteiger partial charge in [-0.15, -0.1) is 0 Å². The summed E-state index contributed by atoms with van der Waals surface area (Å²) in [5, 5.41) is 11.5. The fraction of sp³-hybridized carbons (Fsp3) is 0.903. The first-order valence-corrected chi connectivity index (χ1v) is 17.0. The molecule has 0 saturated heterocycles. The summed E-state index contributed by atoms with van der Waals surface area (Å²) in [7, 11) is -3.62. The Bertz CT molecular complexity index is 1040. The minimum Gasteiger partial charge on any atom is -0.389 e. The maximum Gasteiger partial charge on any atom is 0.225 e. The summed E-state index contributed by atoms with van der Waals surface area (Å²) in [5.74, 6) is 5.10. The lowest BCUT2D eigenvalue weighted by molar-refractivity contribution is -0.147. The maximum atomic E-state index is 12.9. The van der Waals surface area contributed by atoms with Gasteiger partial charge in [-0.1, -0.05) is 53.9 Å². The molecule has 2 N–H and O–H groups in total. The number of hydrogen-bond acceptors (Lipinski definition) is 4. The molecule has 0 amide bonds. The molecule has 4 aliphatic carbocycles. The molecule has 0 bridgehead atoms. The third-order valence-electron chi connectivity index (χ3n) is 12.2. The van der Waals surface area contributed by atoms with Gasteiger partial charge in [-0.3, -0.25) is 0 Å². The zero-order valence-electron chi connectivity index (χ0n) is 24.0. The van der Waals surface area contributed by atoms with Crippen molar-refractivity contribution >= 4 is 9.84 Å². The summed E-state index contributed by atoms with van der Waals surface area (Å²) in [4.78, 5) is 6.69. The molecule has 6 heteroatoms. The van der Waals surface area contributed by atoms with Crippen molar-refractivity contribution in [3.05, 3.63) is 12.4 Å². The summed E-state index contributed by atoms with van der Waals surface area (Å²) in [6, 6.07) is 0. The Morgan fingerprint density at radius 2 is 1.76 bits per heavy atom. The van der Waals surface area contributed by atoms with Crippen LogP contribution in [0, 0.1) is 52.3 Å². The first-order valence-electron chi connectivity index (χ1n) is 15.3. The lowest BCUT2D eigenvalue weighted by Crippen LogP contribution is -2.57. The Hall–Kier alpha value is -0.880. The Balaban J connectivity index is 1.27. The summed E-state index contributed by atoms with van der Waals surface area (Å²) in [5.41, 5.74) is -0.421. The van der Waals surface area contributed by atoms with E-state index in [1.54, 1.807) is 0 Å². The van der Waals surface area contributed by atoms with E-state index in [0.717, 1.165) is 48.3 Å². The van der Waals surface area contributed by atoms with Gasteiger partial charge in [0.15, 0.2) is 0 Å². The number of H-pyrrole nitrogens is 1. The van der Waals surface area contributed by atoms with Gasteiger partial charge in [0.25, 0.3) is 0 Å². The second-order valence-electron chi connectivity index (χ2n) is 14.8. The average molecular weight is 533 g/mol. The van der Waals surface area contributed by atoms with Gasteiger partial charge < -0.3 is 10.1 Å². The predicted octanol–water partition coefficient (Wildman–Crippen LogP) is 7.04. The lowest BCUT2D eigenvalue weighted by atomic mass is 9.43. The van der Waals surface area contributed by atoms with E-state index in [4.69, 9.17) is 0 Å². The number of hydrogen-bond donors (Lipinski definition) is 2. The fourth-order valence-electron chi connectivity index (χ4n) is 10.3. The van der Waals surface area contributed by atoms with E-state index in [-0.39, 0.29) is 16.3 Å². The fourth-order valence-corrected chi connectivity index (χ4v) is 11.9. The highest BCUT2D eigenvalue weighted by Gasteiger charge is 2.61. The molecule has 0 radical (unpaired) electrons. The molecule has 5 nitrogen and oxygen atoms in total. The number of rotatable bonds is 8. The minimum atomic E-state index is -3.62. The van der Waals surface area contributed by atoms with E-state index in [1.807, 2.05) is 0 Å². The predicted molar refractivity (Wildman–Crippen MR) is 149 cm³/mol. The van der Waals surface area contributed by atoms with Gasteiger partial charge >= 0.3 is 0 Å². The van der Waals surface area contributed by atoms with Crippen molar-refractivity contribution in [3.63, 3.8) is 0 Å². The summed E-state index contributed by atoms with van der Waals surface area (Å²) in [6.07, 6.45) is 17.2. The molecule has 4 saturated carbocycles. The van der Waals surface area contributed by atoms with E-state index in [9.17, 15) is 13.5 Å². The van der Waals surface area contributed by atoms with Gasteiger partial charge in [0.1, 0.15) is 0 Å². The number of aliphatic hydroxyl groups is 1. The molecule has 1 aromatic heterocycles. The van der Waals surface area contributed by atoms with Gasteiger partial charge in [0.05, 0.1) is 11.4 Å². The lowest BCUT2D eigenvalue weighted by Gasteiger charge is -2.62. The van der Waals surface area contributed by atoms with Gasteiger partial charge in [0, 0.05) is 12.4 Å². The first kappa shape index (κ1) is 27.7. The van der Waals surface area contributed by atoms with Crippen molar-refractivity contribution in [2.24, 2.45) is 52.3 Å². The third kappa shape index (κ3) is 4.96. The molecule has 4 fully saturated rings. The van der Waals surface area contributed by atoms with Crippen LogP contribution in [-0.4, -0.2) is 34.8 Å². The number of aromatic amines is 1. The van der Waals surface area contributed by atoms with Crippen molar-refractivity contribution in [2.45, 2.75) is 122 Å². The summed E-state index contributed by atoms with van der Waals surface area (Å²) in [6.45, 7) is 12.4. The Morgan fingerprint density at radius 3 is 2.46 bits per heavy atom. The Labute approximate surface area is 225 Å². The molecular formula is C31H52N2O3S. The van der Waals surface area contributed by atoms with Crippen LogP contribution in [0.4, 0.5) is 0 Å². The van der Waals surface area contributed by atoms with Crippen molar-refractivity contribution < 1.29 is 13.5 Å². The molecule has 210 valence electrons. The van der Waals surface area contributed by atoms with Crippen LogP contribution in [0.2, 0.25) is 0 Å². The number of aromatic nitrogens is 2. The van der Waals surface area contributed by atoms with Crippen molar-refractivity contribution in [1.82, 2.24) is 9.97 Å². The molecule has 0 aromatic carbocycles. The van der Waals surface area contributed by atoms with Crippen LogP contribution in [0.15, 0.2) is 17.6 Å². The van der Waals surface area contributed by atoms with Crippen LogP contribution in [0.3, 0.4) is 0 Å². The van der Waals surface area contributed by atoms with Crippen molar-refractivity contribution in [1.29, 1.82) is 0 Å². The quantitative estimate of drug-likeness (QED) is 0.376. The molecule has 3 unspecified atom stereocenters. The van der Waals surface area contributed by atoms with E-state index >= 15 is 0 Å². The second-order valence-corrected chi connectivity index (χ2v) is 16.7. The number of nitrogens with zero attached hydrogens (tertiary/aromatic N) is 1. The molecule has 4 aliphatic rings. The molecule has 1 heterocycles. The minimum absolute atomic E-state index is 0.0150. The standard InChI is InChI=1S/C31H52N2O3S/c1-21(2)7-6-8-22(3)25-11-12-26-24-10-9-23-19-31(34,20-37(35,36)28-32-17-18-33-28)16-15-29(23,4)27(24)13-14-30(25,26)5/h17-18,21-27,34H,6-16,19-20H2,1-5H3,(H,32,33)/t22-,23+,24?,25-,26?,27?,29+,30-,31-/m1/s1. The van der Waals surface area contributed by atoms with Crippen LogP contribution in [0.25, 0.3) is 0 Å². The van der Waals surface area contributed by atoms with E-state index in [2.05, 4.69) is 44.6 Å². The average Bonchev–Trinajstić information content (AvgIpc) is 3.47. The first-order chi connectivity index (χ1) is 17.4. The van der Waals surface area contributed by atoms with E-state index in [1.165, 1.54) is 63.8 Å². The number of nitrogens with one attached hydrogen (secondary N) is 1. The highest BCUT2D eigenvalue weighted by atomic mass is 32.2. The molecule has 5 rings (SSSR count). The molecule has 0 spiro atoms. The van der Waals surface area contributed by atoms with Crippen LogP contribution in [-0.2, 0) is 9.84 Å². The number of sulfone groups is 1. The van der Waals surface area contributed by atoms with Gasteiger partial charge in [-0.05, 0) is 110 Å². The molecule has 0 aliphatic heterocycles. The molecule has 9 atom stereocenters. The van der Waals surface area contributed by atoms with Gasteiger partial charge in [-0.25, -0.2) is 13.4 Å². The summed E-state index contributed by atoms with van der Waals surface area (Å²) < 4.78 is 25.9. The summed E-state index contributed by atoms with van der Waals surface area (Å²) >= 11 is 0. The van der Waals surface area contributed by atoms with Crippen molar-refractivity contribution in [2.75, 3.05) is 5.75 Å².